The molecule has 1 heterocycles. The minimum atomic E-state index is 0.199. The monoisotopic (exact) mass is 270 g/mol. The topological polar surface area (TPSA) is 34.1 Å². The lowest BCUT2D eigenvalue weighted by Crippen LogP contribution is -2.22. The van der Waals surface area contributed by atoms with Crippen LogP contribution in [0.2, 0.25) is 0 Å². The zero-order valence-electron chi connectivity index (χ0n) is 12.2. The van der Waals surface area contributed by atoms with E-state index in [-0.39, 0.29) is 6.04 Å². The van der Waals surface area contributed by atoms with E-state index in [0.29, 0.717) is 0 Å². The van der Waals surface area contributed by atoms with Crippen LogP contribution in [0.1, 0.15) is 29.7 Å². The van der Waals surface area contributed by atoms with E-state index >= 15 is 0 Å². The van der Waals surface area contributed by atoms with E-state index in [9.17, 15) is 0 Å². The lowest BCUT2D eigenvalue weighted by Gasteiger charge is -2.19. The fourth-order valence-corrected chi connectivity index (χ4v) is 2.28. The first-order valence-electron chi connectivity index (χ1n) is 7.06. The normalized spacial score (nSPS) is 12.3. The quantitative estimate of drug-likeness (QED) is 0.840. The third-order valence-corrected chi connectivity index (χ3v) is 3.33. The summed E-state index contributed by atoms with van der Waals surface area (Å²) in [6.45, 7) is 3.81. The smallest absolute Gasteiger partial charge is 0.0591 e. The molecular formula is C17H22N2O. The molecule has 0 bridgehead atoms. The summed E-state index contributed by atoms with van der Waals surface area (Å²) < 4.78 is 5.11. The molecule has 2 aromatic rings. The van der Waals surface area contributed by atoms with Crippen molar-refractivity contribution in [3.05, 3.63) is 65.5 Å². The summed E-state index contributed by atoms with van der Waals surface area (Å²) in [5.74, 6) is 0. The van der Waals surface area contributed by atoms with E-state index in [1.807, 2.05) is 12.3 Å². The van der Waals surface area contributed by atoms with Crippen molar-refractivity contribution in [2.45, 2.75) is 19.4 Å². The third-order valence-electron chi connectivity index (χ3n) is 3.33. The number of methoxy groups -OCH3 is 1. The number of aromatic nitrogens is 1. The minimum Gasteiger partial charge on any atom is -0.384 e. The molecule has 1 aromatic carbocycles. The third kappa shape index (κ3) is 3.89. The lowest BCUT2D eigenvalue weighted by molar-refractivity contribution is 0.202. The highest BCUT2D eigenvalue weighted by molar-refractivity contribution is 5.32. The Kier molecular flexibility index (Phi) is 5.71. The summed E-state index contributed by atoms with van der Waals surface area (Å²) in [5, 5.41) is 3.51. The first kappa shape index (κ1) is 14.7. The molecule has 0 saturated carbocycles. The molecule has 0 amide bonds. The van der Waals surface area contributed by atoms with Crippen LogP contribution in [0.15, 0.2) is 48.8 Å². The van der Waals surface area contributed by atoms with Gasteiger partial charge in [0, 0.05) is 19.5 Å². The zero-order valence-corrected chi connectivity index (χ0v) is 12.2. The van der Waals surface area contributed by atoms with Crippen molar-refractivity contribution in [3.63, 3.8) is 0 Å². The second-order valence-electron chi connectivity index (χ2n) is 4.76. The summed E-state index contributed by atoms with van der Waals surface area (Å²) in [7, 11) is 1.73. The van der Waals surface area contributed by atoms with Gasteiger partial charge in [0.25, 0.3) is 0 Å². The Hall–Kier alpha value is -1.71. The van der Waals surface area contributed by atoms with Crippen molar-refractivity contribution >= 4 is 0 Å². The number of benzene rings is 1. The highest BCUT2D eigenvalue weighted by Crippen LogP contribution is 2.21. The lowest BCUT2D eigenvalue weighted by atomic mass is 9.98. The van der Waals surface area contributed by atoms with Gasteiger partial charge in [0.15, 0.2) is 0 Å². The molecule has 0 saturated heterocycles. The Morgan fingerprint density at radius 2 is 1.95 bits per heavy atom. The number of nitrogens with zero attached hydrogens (tertiary/aromatic N) is 1. The standard InChI is InChI=1S/C17H22N2O/c1-3-19-17(16-5-4-11-18-13-16)15-8-6-14(7-9-15)10-12-20-2/h4-9,11,13,17,19H,3,10,12H2,1-2H3. The van der Waals surface area contributed by atoms with Crippen LogP contribution in [0.25, 0.3) is 0 Å². The first-order chi connectivity index (χ1) is 9.85. The Labute approximate surface area is 121 Å². The molecule has 1 aromatic heterocycles. The summed E-state index contributed by atoms with van der Waals surface area (Å²) >= 11 is 0. The van der Waals surface area contributed by atoms with Crippen LogP contribution in [0.4, 0.5) is 0 Å². The number of pyridine rings is 1. The van der Waals surface area contributed by atoms with Gasteiger partial charge >= 0.3 is 0 Å². The molecule has 0 fully saturated rings. The average molecular weight is 270 g/mol. The van der Waals surface area contributed by atoms with E-state index < -0.39 is 0 Å². The molecule has 0 spiro atoms. The maximum absolute atomic E-state index is 5.11. The molecule has 1 N–H and O–H groups in total. The molecule has 106 valence electrons. The zero-order chi connectivity index (χ0) is 14.2. The summed E-state index contributed by atoms with van der Waals surface area (Å²) in [5.41, 5.74) is 3.76. The van der Waals surface area contributed by atoms with E-state index in [1.54, 1.807) is 13.3 Å². The van der Waals surface area contributed by atoms with Gasteiger partial charge in [-0.15, -0.1) is 0 Å². The number of nitrogens with one attached hydrogen (secondary N) is 1. The molecule has 1 atom stereocenters. The molecule has 1 unspecified atom stereocenters. The molecule has 20 heavy (non-hydrogen) atoms. The van der Waals surface area contributed by atoms with Gasteiger partial charge in [0.05, 0.1) is 12.6 Å². The van der Waals surface area contributed by atoms with Crippen LogP contribution in [-0.2, 0) is 11.2 Å². The van der Waals surface area contributed by atoms with Crippen molar-refractivity contribution in [1.82, 2.24) is 10.3 Å². The van der Waals surface area contributed by atoms with E-state index in [0.717, 1.165) is 19.6 Å². The van der Waals surface area contributed by atoms with Gasteiger partial charge in [-0.25, -0.2) is 0 Å². The van der Waals surface area contributed by atoms with E-state index in [2.05, 4.69) is 47.6 Å². The van der Waals surface area contributed by atoms with Crippen LogP contribution in [0.3, 0.4) is 0 Å². The van der Waals surface area contributed by atoms with Crippen LogP contribution < -0.4 is 5.32 Å². The molecule has 0 aliphatic carbocycles. The molecule has 3 heteroatoms. The highest BCUT2D eigenvalue weighted by atomic mass is 16.5. The van der Waals surface area contributed by atoms with Gasteiger partial charge in [-0.1, -0.05) is 37.3 Å². The van der Waals surface area contributed by atoms with Crippen molar-refractivity contribution < 1.29 is 4.74 Å². The van der Waals surface area contributed by atoms with E-state index in [4.69, 9.17) is 4.74 Å². The van der Waals surface area contributed by atoms with E-state index in [1.165, 1.54) is 16.7 Å². The van der Waals surface area contributed by atoms with Gasteiger partial charge < -0.3 is 10.1 Å². The predicted molar refractivity (Wildman–Crippen MR) is 81.8 cm³/mol. The fourth-order valence-electron chi connectivity index (χ4n) is 2.28. The van der Waals surface area contributed by atoms with Gasteiger partial charge in [-0.2, -0.15) is 0 Å². The molecule has 2 rings (SSSR count). The van der Waals surface area contributed by atoms with Crippen LogP contribution in [0, 0.1) is 0 Å². The minimum absolute atomic E-state index is 0.199. The van der Waals surface area contributed by atoms with Crippen LogP contribution in [-0.4, -0.2) is 25.2 Å². The van der Waals surface area contributed by atoms with Gasteiger partial charge in [0.2, 0.25) is 0 Å². The van der Waals surface area contributed by atoms with Crippen molar-refractivity contribution in [1.29, 1.82) is 0 Å². The fraction of sp³-hybridized carbons (Fsp3) is 0.353. The van der Waals surface area contributed by atoms with Crippen molar-refractivity contribution in [2.24, 2.45) is 0 Å². The number of ether oxygens (including phenoxy) is 1. The number of hydrogen-bond donors (Lipinski definition) is 1. The summed E-state index contributed by atoms with van der Waals surface area (Å²) in [6, 6.07) is 13.0. The number of rotatable bonds is 7. The largest absolute Gasteiger partial charge is 0.384 e. The van der Waals surface area contributed by atoms with Gasteiger partial charge in [-0.05, 0) is 35.7 Å². The van der Waals surface area contributed by atoms with Crippen LogP contribution >= 0.6 is 0 Å². The number of hydrogen-bond acceptors (Lipinski definition) is 3. The Morgan fingerprint density at radius 1 is 1.15 bits per heavy atom. The Bertz CT molecular complexity index is 496. The van der Waals surface area contributed by atoms with Crippen LogP contribution in [0.5, 0.6) is 0 Å². The highest BCUT2D eigenvalue weighted by Gasteiger charge is 2.12. The van der Waals surface area contributed by atoms with Gasteiger partial charge in [0.1, 0.15) is 0 Å². The maximum Gasteiger partial charge on any atom is 0.0591 e. The molecule has 0 radical (unpaired) electrons. The summed E-state index contributed by atoms with van der Waals surface area (Å²) in [6.07, 6.45) is 4.68. The second-order valence-corrected chi connectivity index (χ2v) is 4.76. The first-order valence-corrected chi connectivity index (χ1v) is 7.06. The van der Waals surface area contributed by atoms with Crippen molar-refractivity contribution in [2.75, 3.05) is 20.3 Å². The second kappa shape index (κ2) is 7.78. The van der Waals surface area contributed by atoms with Crippen molar-refractivity contribution in [3.8, 4) is 0 Å². The SMILES string of the molecule is CCNC(c1ccc(CCOC)cc1)c1cccnc1. The summed E-state index contributed by atoms with van der Waals surface area (Å²) in [4.78, 5) is 4.21. The molecule has 3 nitrogen and oxygen atoms in total. The maximum atomic E-state index is 5.11. The Morgan fingerprint density at radius 3 is 2.55 bits per heavy atom. The Balaban J connectivity index is 2.17. The molecule has 0 aliphatic heterocycles. The molecular weight excluding hydrogens is 248 g/mol. The molecule has 0 aliphatic rings. The van der Waals surface area contributed by atoms with Gasteiger partial charge in [-0.3, -0.25) is 4.98 Å². The average Bonchev–Trinajstić information content (AvgIpc) is 2.52. The predicted octanol–water partition coefficient (Wildman–Crippen LogP) is 2.97.